The number of aromatic nitrogens is 1. The number of hydrogen-bond donors (Lipinski definition) is 1. The zero-order chi connectivity index (χ0) is 14.7. The van der Waals surface area contributed by atoms with Gasteiger partial charge in [-0.25, -0.2) is 9.78 Å². The summed E-state index contributed by atoms with van der Waals surface area (Å²) in [4.78, 5) is 16.2. The monoisotopic (exact) mass is 301 g/mol. The molecule has 1 fully saturated rings. The van der Waals surface area contributed by atoms with E-state index in [4.69, 9.17) is 9.84 Å². The van der Waals surface area contributed by atoms with Crippen molar-refractivity contribution < 1.29 is 14.6 Å². The van der Waals surface area contributed by atoms with E-state index in [1.807, 2.05) is 30.3 Å². The van der Waals surface area contributed by atoms with Gasteiger partial charge in [0.25, 0.3) is 0 Å². The minimum absolute atomic E-state index is 0.412. The molecule has 3 rings (SSSR count). The minimum Gasteiger partial charge on any atom is -0.486 e. The molecular formula is C16H15NO3S. The van der Waals surface area contributed by atoms with Gasteiger partial charge in [0.05, 0.1) is 10.6 Å². The highest BCUT2D eigenvalue weighted by molar-refractivity contribution is 7.12. The molecule has 1 aliphatic rings. The predicted octanol–water partition coefficient (Wildman–Crippen LogP) is 3.70. The van der Waals surface area contributed by atoms with Crippen LogP contribution >= 0.6 is 11.3 Å². The zero-order valence-electron chi connectivity index (χ0n) is 11.4. The first-order valence-corrected chi connectivity index (χ1v) is 7.62. The van der Waals surface area contributed by atoms with Gasteiger partial charge in [-0.2, -0.15) is 0 Å². The average molecular weight is 301 g/mol. The summed E-state index contributed by atoms with van der Waals surface area (Å²) in [6, 6.07) is 9.60. The lowest BCUT2D eigenvalue weighted by atomic mass is 10.2. The van der Waals surface area contributed by atoms with Gasteiger partial charge in [0.15, 0.2) is 0 Å². The number of para-hydroxylation sites is 1. The Balaban J connectivity index is 1.73. The smallest absolute Gasteiger partial charge is 0.328 e. The van der Waals surface area contributed by atoms with E-state index in [-0.39, 0.29) is 0 Å². The van der Waals surface area contributed by atoms with Crippen molar-refractivity contribution in [2.24, 2.45) is 0 Å². The molecule has 108 valence electrons. The van der Waals surface area contributed by atoms with Crippen molar-refractivity contribution in [3.63, 3.8) is 0 Å². The Morgan fingerprint density at radius 2 is 2.14 bits per heavy atom. The largest absolute Gasteiger partial charge is 0.486 e. The molecule has 5 heteroatoms. The van der Waals surface area contributed by atoms with Gasteiger partial charge in [-0.05, 0) is 31.1 Å². The van der Waals surface area contributed by atoms with Gasteiger partial charge in [-0.1, -0.05) is 18.2 Å². The maximum Gasteiger partial charge on any atom is 0.328 e. The van der Waals surface area contributed by atoms with Gasteiger partial charge in [0.1, 0.15) is 17.4 Å². The Morgan fingerprint density at radius 3 is 2.81 bits per heavy atom. The number of nitrogens with zero attached hydrogens (tertiary/aromatic N) is 1. The number of rotatable bonds is 6. The first-order valence-electron chi connectivity index (χ1n) is 6.81. The molecule has 1 heterocycles. The Morgan fingerprint density at radius 1 is 1.38 bits per heavy atom. The van der Waals surface area contributed by atoms with E-state index in [0.29, 0.717) is 12.5 Å². The van der Waals surface area contributed by atoms with E-state index >= 15 is 0 Å². The van der Waals surface area contributed by atoms with Gasteiger partial charge in [-0.3, -0.25) is 0 Å². The second-order valence-corrected chi connectivity index (χ2v) is 6.02. The van der Waals surface area contributed by atoms with Crippen LogP contribution < -0.4 is 4.74 Å². The van der Waals surface area contributed by atoms with E-state index in [1.165, 1.54) is 17.4 Å². The second-order valence-electron chi connectivity index (χ2n) is 4.90. The lowest BCUT2D eigenvalue weighted by molar-refractivity contribution is -0.131. The molecule has 1 aliphatic carbocycles. The quantitative estimate of drug-likeness (QED) is 0.827. The first kappa shape index (κ1) is 13.8. The molecule has 0 bridgehead atoms. The molecule has 0 unspecified atom stereocenters. The number of carbonyl (C=O) groups is 1. The van der Waals surface area contributed by atoms with Crippen LogP contribution in [0.15, 0.2) is 36.4 Å². The fourth-order valence-electron chi connectivity index (χ4n) is 2.03. The first-order chi connectivity index (χ1) is 10.2. The SMILES string of the molecule is O=C(O)/C=C/c1sc(COc2ccccc2)nc1C1CC1. The fourth-order valence-corrected chi connectivity index (χ4v) is 3.00. The third kappa shape index (κ3) is 3.70. The van der Waals surface area contributed by atoms with Crippen LogP contribution in [0.4, 0.5) is 0 Å². The molecule has 21 heavy (non-hydrogen) atoms. The maximum atomic E-state index is 10.7. The number of hydrogen-bond acceptors (Lipinski definition) is 4. The number of benzene rings is 1. The Bertz CT molecular complexity index is 659. The van der Waals surface area contributed by atoms with E-state index in [2.05, 4.69) is 4.98 Å². The molecular weight excluding hydrogens is 286 g/mol. The lowest BCUT2D eigenvalue weighted by Gasteiger charge is -2.02. The Labute approximate surface area is 126 Å². The van der Waals surface area contributed by atoms with Crippen LogP contribution in [-0.2, 0) is 11.4 Å². The molecule has 4 nitrogen and oxygen atoms in total. The van der Waals surface area contributed by atoms with Gasteiger partial charge in [0, 0.05) is 12.0 Å². The summed E-state index contributed by atoms with van der Waals surface area (Å²) >= 11 is 1.50. The Kier molecular flexibility index (Phi) is 4.01. The van der Waals surface area contributed by atoms with Crippen LogP contribution in [-0.4, -0.2) is 16.1 Å². The number of carboxylic acids is 1. The summed E-state index contributed by atoms with van der Waals surface area (Å²) in [5.41, 5.74) is 1.02. The van der Waals surface area contributed by atoms with Crippen LogP contribution in [0.5, 0.6) is 5.75 Å². The van der Waals surface area contributed by atoms with E-state index in [9.17, 15) is 4.79 Å². The van der Waals surface area contributed by atoms with Gasteiger partial charge in [-0.15, -0.1) is 11.3 Å². The van der Waals surface area contributed by atoms with Gasteiger partial charge in [0.2, 0.25) is 0 Å². The molecule has 0 saturated heterocycles. The average Bonchev–Trinajstić information content (AvgIpc) is 3.25. The zero-order valence-corrected chi connectivity index (χ0v) is 12.2. The predicted molar refractivity (Wildman–Crippen MR) is 81.5 cm³/mol. The molecule has 2 aromatic rings. The molecule has 1 aromatic carbocycles. The summed E-state index contributed by atoms with van der Waals surface area (Å²) < 4.78 is 5.69. The minimum atomic E-state index is -0.938. The van der Waals surface area contributed by atoms with Crippen molar-refractivity contribution in [2.75, 3.05) is 0 Å². The van der Waals surface area contributed by atoms with Crippen molar-refractivity contribution >= 4 is 23.4 Å². The molecule has 0 radical (unpaired) electrons. The lowest BCUT2D eigenvalue weighted by Crippen LogP contribution is -1.94. The van der Waals surface area contributed by atoms with Crippen molar-refractivity contribution in [3.05, 3.63) is 52.0 Å². The van der Waals surface area contributed by atoms with E-state index in [0.717, 1.165) is 34.2 Å². The van der Waals surface area contributed by atoms with E-state index in [1.54, 1.807) is 6.08 Å². The molecule has 0 aliphatic heterocycles. The number of thiazole rings is 1. The van der Waals surface area contributed by atoms with Gasteiger partial charge >= 0.3 is 5.97 Å². The molecule has 0 spiro atoms. The summed E-state index contributed by atoms with van der Waals surface area (Å²) in [5.74, 6) is 0.357. The standard InChI is InChI=1S/C16H15NO3S/c18-15(19)9-8-13-16(11-6-7-11)17-14(21-13)10-20-12-4-2-1-3-5-12/h1-5,8-9,11H,6-7,10H2,(H,18,19)/b9-8+. The topological polar surface area (TPSA) is 59.4 Å². The molecule has 0 amide bonds. The highest BCUT2D eigenvalue weighted by Gasteiger charge is 2.29. The molecule has 0 atom stereocenters. The maximum absolute atomic E-state index is 10.7. The highest BCUT2D eigenvalue weighted by Crippen LogP contribution is 2.43. The van der Waals surface area contributed by atoms with Crippen LogP contribution in [0.25, 0.3) is 6.08 Å². The Hall–Kier alpha value is -2.14. The number of carboxylic acid groups (broad SMARTS) is 1. The molecule has 1 saturated carbocycles. The van der Waals surface area contributed by atoms with Gasteiger partial charge < -0.3 is 9.84 Å². The van der Waals surface area contributed by atoms with E-state index < -0.39 is 5.97 Å². The molecule has 1 aromatic heterocycles. The summed E-state index contributed by atoms with van der Waals surface area (Å²) in [6.45, 7) is 0.412. The summed E-state index contributed by atoms with van der Waals surface area (Å²) in [5, 5.41) is 9.63. The van der Waals surface area contributed by atoms with Crippen LogP contribution in [0.3, 0.4) is 0 Å². The number of aliphatic carboxylic acids is 1. The van der Waals surface area contributed by atoms with Crippen molar-refractivity contribution in [3.8, 4) is 5.75 Å². The van der Waals surface area contributed by atoms with Crippen LogP contribution in [0.2, 0.25) is 0 Å². The fraction of sp³-hybridized carbons (Fsp3) is 0.250. The third-order valence-electron chi connectivity index (χ3n) is 3.17. The van der Waals surface area contributed by atoms with Crippen LogP contribution in [0, 0.1) is 0 Å². The third-order valence-corrected chi connectivity index (χ3v) is 4.18. The summed E-state index contributed by atoms with van der Waals surface area (Å²) in [7, 11) is 0. The normalized spacial score (nSPS) is 14.5. The van der Waals surface area contributed by atoms with Crippen molar-refractivity contribution in [1.29, 1.82) is 0 Å². The summed E-state index contributed by atoms with van der Waals surface area (Å²) in [6.07, 6.45) is 5.08. The second kappa shape index (κ2) is 6.10. The van der Waals surface area contributed by atoms with Crippen molar-refractivity contribution in [1.82, 2.24) is 4.98 Å². The van der Waals surface area contributed by atoms with Crippen molar-refractivity contribution in [2.45, 2.75) is 25.4 Å². The van der Waals surface area contributed by atoms with Crippen LogP contribution in [0.1, 0.15) is 34.3 Å². The highest BCUT2D eigenvalue weighted by atomic mass is 32.1. The number of ether oxygens (including phenoxy) is 1. The molecule has 1 N–H and O–H groups in total.